The minimum Gasteiger partial charge on any atom is -0.493 e. The molecule has 0 aliphatic carbocycles. The molecular weight excluding hydrogens is 222 g/mol. The van der Waals surface area contributed by atoms with Gasteiger partial charge in [-0.25, -0.2) is 0 Å². The molecule has 1 aromatic rings. The molecule has 1 fully saturated rings. The van der Waals surface area contributed by atoms with E-state index in [1.165, 1.54) is 44.2 Å². The van der Waals surface area contributed by atoms with Crippen LogP contribution in [0.5, 0.6) is 5.75 Å². The first-order valence-corrected chi connectivity index (χ1v) is 7.31. The van der Waals surface area contributed by atoms with Gasteiger partial charge < -0.3 is 10.1 Å². The molecule has 0 spiro atoms. The summed E-state index contributed by atoms with van der Waals surface area (Å²) >= 11 is 0. The molecule has 1 atom stereocenters. The molecule has 100 valence electrons. The molecule has 1 N–H and O–H groups in total. The van der Waals surface area contributed by atoms with Crippen LogP contribution < -0.4 is 10.1 Å². The first-order chi connectivity index (χ1) is 8.88. The zero-order chi connectivity index (χ0) is 12.6. The van der Waals surface area contributed by atoms with Gasteiger partial charge in [0, 0.05) is 12.5 Å². The fourth-order valence-corrected chi connectivity index (χ4v) is 2.41. The summed E-state index contributed by atoms with van der Waals surface area (Å²) in [7, 11) is 0. The van der Waals surface area contributed by atoms with Gasteiger partial charge in [0.25, 0.3) is 0 Å². The van der Waals surface area contributed by atoms with E-state index in [-0.39, 0.29) is 0 Å². The van der Waals surface area contributed by atoms with Crippen LogP contribution in [0.2, 0.25) is 0 Å². The van der Waals surface area contributed by atoms with Crippen molar-refractivity contribution >= 4 is 0 Å². The number of unbranched alkanes of at least 4 members (excludes halogenated alkanes) is 1. The van der Waals surface area contributed by atoms with E-state index in [1.54, 1.807) is 0 Å². The second-order valence-corrected chi connectivity index (χ2v) is 5.27. The highest BCUT2D eigenvalue weighted by Crippen LogP contribution is 2.16. The van der Waals surface area contributed by atoms with Crippen molar-refractivity contribution in [3.05, 3.63) is 29.8 Å². The zero-order valence-electron chi connectivity index (χ0n) is 11.5. The van der Waals surface area contributed by atoms with Gasteiger partial charge in [-0.1, -0.05) is 25.5 Å². The van der Waals surface area contributed by atoms with Crippen molar-refractivity contribution in [1.82, 2.24) is 5.32 Å². The Morgan fingerprint density at radius 3 is 2.78 bits per heavy atom. The van der Waals surface area contributed by atoms with Crippen LogP contribution in [-0.2, 0) is 6.42 Å². The number of piperidine rings is 1. The summed E-state index contributed by atoms with van der Waals surface area (Å²) in [6.07, 6.45) is 6.29. The maximum Gasteiger partial charge on any atom is 0.119 e. The Morgan fingerprint density at radius 2 is 2.11 bits per heavy atom. The van der Waals surface area contributed by atoms with Gasteiger partial charge in [0.05, 0.1) is 6.61 Å². The third-order valence-electron chi connectivity index (χ3n) is 3.63. The molecule has 1 unspecified atom stereocenters. The van der Waals surface area contributed by atoms with Gasteiger partial charge >= 0.3 is 0 Å². The van der Waals surface area contributed by atoms with E-state index in [2.05, 4.69) is 36.5 Å². The average molecular weight is 247 g/mol. The van der Waals surface area contributed by atoms with Gasteiger partial charge in [-0.05, 0) is 49.9 Å². The average Bonchev–Trinajstić information content (AvgIpc) is 2.45. The molecule has 1 aromatic carbocycles. The van der Waals surface area contributed by atoms with Crippen molar-refractivity contribution < 1.29 is 4.74 Å². The van der Waals surface area contributed by atoms with Crippen LogP contribution in [-0.4, -0.2) is 19.7 Å². The van der Waals surface area contributed by atoms with E-state index >= 15 is 0 Å². The number of hydrogen-bond donors (Lipinski definition) is 1. The van der Waals surface area contributed by atoms with Crippen LogP contribution in [0.15, 0.2) is 24.3 Å². The highest BCUT2D eigenvalue weighted by atomic mass is 16.5. The molecular formula is C16H25NO. The molecule has 1 aliphatic rings. The predicted octanol–water partition coefficient (Wildman–Crippen LogP) is 3.41. The SMILES string of the molecule is CCCCc1ccc(OCC2CCCNC2)cc1. The molecule has 0 bridgehead atoms. The summed E-state index contributed by atoms with van der Waals surface area (Å²) in [5.74, 6) is 1.69. The lowest BCUT2D eigenvalue weighted by molar-refractivity contribution is 0.218. The van der Waals surface area contributed by atoms with E-state index in [0.29, 0.717) is 5.92 Å². The summed E-state index contributed by atoms with van der Waals surface area (Å²) in [5.41, 5.74) is 1.42. The first-order valence-electron chi connectivity index (χ1n) is 7.31. The van der Waals surface area contributed by atoms with Crippen molar-refractivity contribution in [2.45, 2.75) is 39.0 Å². The number of rotatable bonds is 6. The van der Waals surface area contributed by atoms with Gasteiger partial charge in [-0.2, -0.15) is 0 Å². The third kappa shape index (κ3) is 4.34. The fraction of sp³-hybridized carbons (Fsp3) is 0.625. The number of aryl methyl sites for hydroxylation is 1. The summed E-state index contributed by atoms with van der Waals surface area (Å²) < 4.78 is 5.86. The lowest BCUT2D eigenvalue weighted by Gasteiger charge is -2.22. The third-order valence-corrected chi connectivity index (χ3v) is 3.63. The topological polar surface area (TPSA) is 21.3 Å². The Bertz CT molecular complexity index is 327. The smallest absolute Gasteiger partial charge is 0.119 e. The van der Waals surface area contributed by atoms with E-state index in [1.807, 2.05) is 0 Å². The molecule has 2 heteroatoms. The van der Waals surface area contributed by atoms with Gasteiger partial charge in [-0.3, -0.25) is 0 Å². The van der Waals surface area contributed by atoms with Crippen molar-refractivity contribution in [1.29, 1.82) is 0 Å². The van der Waals surface area contributed by atoms with Crippen molar-refractivity contribution in [2.24, 2.45) is 5.92 Å². The van der Waals surface area contributed by atoms with E-state index in [9.17, 15) is 0 Å². The van der Waals surface area contributed by atoms with Crippen molar-refractivity contribution in [3.63, 3.8) is 0 Å². The number of nitrogens with one attached hydrogen (secondary N) is 1. The quantitative estimate of drug-likeness (QED) is 0.832. The van der Waals surface area contributed by atoms with E-state index < -0.39 is 0 Å². The molecule has 1 aliphatic heterocycles. The van der Waals surface area contributed by atoms with Gasteiger partial charge in [0.2, 0.25) is 0 Å². The molecule has 18 heavy (non-hydrogen) atoms. The molecule has 1 heterocycles. The zero-order valence-corrected chi connectivity index (χ0v) is 11.5. The van der Waals surface area contributed by atoms with Crippen molar-refractivity contribution in [2.75, 3.05) is 19.7 Å². The predicted molar refractivity (Wildman–Crippen MR) is 76.1 cm³/mol. The second-order valence-electron chi connectivity index (χ2n) is 5.27. The lowest BCUT2D eigenvalue weighted by atomic mass is 10.0. The van der Waals surface area contributed by atoms with E-state index in [4.69, 9.17) is 4.74 Å². The summed E-state index contributed by atoms with van der Waals surface area (Å²) in [4.78, 5) is 0. The van der Waals surface area contributed by atoms with E-state index in [0.717, 1.165) is 18.9 Å². The van der Waals surface area contributed by atoms with Gasteiger partial charge in [-0.15, -0.1) is 0 Å². The first kappa shape index (κ1) is 13.4. The van der Waals surface area contributed by atoms with Crippen molar-refractivity contribution in [3.8, 4) is 5.75 Å². The molecule has 2 rings (SSSR count). The monoisotopic (exact) mass is 247 g/mol. The standard InChI is InChI=1S/C16H25NO/c1-2-3-5-14-7-9-16(10-8-14)18-13-15-6-4-11-17-12-15/h7-10,15,17H,2-6,11-13H2,1H3. The molecule has 2 nitrogen and oxygen atoms in total. The second kappa shape index (κ2) is 7.42. The Hall–Kier alpha value is -1.02. The van der Waals surface area contributed by atoms with Crippen LogP contribution in [0, 0.1) is 5.92 Å². The highest BCUT2D eigenvalue weighted by molar-refractivity contribution is 5.27. The Morgan fingerprint density at radius 1 is 1.28 bits per heavy atom. The van der Waals surface area contributed by atoms with Crippen LogP contribution in [0.1, 0.15) is 38.2 Å². The summed E-state index contributed by atoms with van der Waals surface area (Å²) in [5, 5.41) is 3.42. The minimum absolute atomic E-state index is 0.679. The van der Waals surface area contributed by atoms with Crippen LogP contribution in [0.25, 0.3) is 0 Å². The lowest BCUT2D eigenvalue weighted by Crippen LogP contribution is -2.33. The molecule has 0 amide bonds. The minimum atomic E-state index is 0.679. The number of benzene rings is 1. The maximum atomic E-state index is 5.86. The summed E-state index contributed by atoms with van der Waals surface area (Å²) in [6.45, 7) is 5.36. The Balaban J connectivity index is 1.75. The number of hydrogen-bond acceptors (Lipinski definition) is 2. The number of ether oxygens (including phenoxy) is 1. The van der Waals surface area contributed by atoms with Crippen LogP contribution in [0.4, 0.5) is 0 Å². The van der Waals surface area contributed by atoms with Gasteiger partial charge in [0.1, 0.15) is 5.75 Å². The summed E-state index contributed by atoms with van der Waals surface area (Å²) in [6, 6.07) is 8.62. The largest absolute Gasteiger partial charge is 0.493 e. The Kier molecular flexibility index (Phi) is 5.53. The molecule has 0 radical (unpaired) electrons. The highest BCUT2D eigenvalue weighted by Gasteiger charge is 2.13. The van der Waals surface area contributed by atoms with Crippen LogP contribution in [0.3, 0.4) is 0 Å². The molecule has 0 aromatic heterocycles. The Labute approximate surface area is 111 Å². The fourth-order valence-electron chi connectivity index (χ4n) is 2.41. The maximum absolute atomic E-state index is 5.86. The normalized spacial score (nSPS) is 19.7. The van der Waals surface area contributed by atoms with Crippen LogP contribution >= 0.6 is 0 Å². The molecule has 1 saturated heterocycles. The van der Waals surface area contributed by atoms with Gasteiger partial charge in [0.15, 0.2) is 0 Å². The molecule has 0 saturated carbocycles.